The van der Waals surface area contributed by atoms with E-state index in [4.69, 9.17) is 4.74 Å². The van der Waals surface area contributed by atoms with Crippen molar-refractivity contribution in [2.75, 3.05) is 20.2 Å². The van der Waals surface area contributed by atoms with Gasteiger partial charge in [-0.05, 0) is 20.8 Å². The number of methoxy groups -OCH3 is 1. The summed E-state index contributed by atoms with van der Waals surface area (Å²) in [7, 11) is 1.57. The molecule has 1 N–H and O–H groups in total. The van der Waals surface area contributed by atoms with E-state index in [2.05, 4.69) is 19.2 Å². The lowest BCUT2D eigenvalue weighted by Gasteiger charge is -2.40. The summed E-state index contributed by atoms with van der Waals surface area (Å²) in [6.45, 7) is 7.65. The smallest absolute Gasteiger partial charge is 0.251 e. The number of piperazine rings is 1. The third-order valence-electron chi connectivity index (χ3n) is 2.79. The van der Waals surface area contributed by atoms with Crippen LogP contribution in [-0.4, -0.2) is 49.2 Å². The minimum absolute atomic E-state index is 0.0917. The SMILES string of the molecule is COC(C)C(=O)N1C(C)CNCC1C. The summed E-state index contributed by atoms with van der Waals surface area (Å²) in [6, 6.07) is 0.507. The molecule has 0 aromatic heterocycles. The molecular formula is C10H20N2O2. The molecule has 1 fully saturated rings. The Morgan fingerprint density at radius 2 is 1.93 bits per heavy atom. The maximum atomic E-state index is 11.9. The monoisotopic (exact) mass is 200 g/mol. The molecule has 0 aliphatic carbocycles. The number of carbonyl (C=O) groups excluding carboxylic acids is 1. The van der Waals surface area contributed by atoms with Crippen LogP contribution in [-0.2, 0) is 9.53 Å². The topological polar surface area (TPSA) is 41.6 Å². The molecule has 4 nitrogen and oxygen atoms in total. The van der Waals surface area contributed by atoms with Gasteiger partial charge in [-0.25, -0.2) is 0 Å². The fourth-order valence-electron chi connectivity index (χ4n) is 1.88. The van der Waals surface area contributed by atoms with E-state index in [1.165, 1.54) is 0 Å². The van der Waals surface area contributed by atoms with Crippen molar-refractivity contribution in [2.24, 2.45) is 0 Å². The molecule has 0 spiro atoms. The van der Waals surface area contributed by atoms with Gasteiger partial charge in [0.2, 0.25) is 0 Å². The van der Waals surface area contributed by atoms with E-state index in [9.17, 15) is 4.79 Å². The molecule has 14 heavy (non-hydrogen) atoms. The van der Waals surface area contributed by atoms with Gasteiger partial charge in [-0.1, -0.05) is 0 Å². The molecule has 1 heterocycles. The van der Waals surface area contributed by atoms with E-state index in [0.717, 1.165) is 13.1 Å². The fourth-order valence-corrected chi connectivity index (χ4v) is 1.88. The number of hydrogen-bond donors (Lipinski definition) is 1. The van der Waals surface area contributed by atoms with Crippen molar-refractivity contribution in [3.63, 3.8) is 0 Å². The van der Waals surface area contributed by atoms with E-state index in [1.54, 1.807) is 14.0 Å². The Morgan fingerprint density at radius 1 is 1.43 bits per heavy atom. The molecular weight excluding hydrogens is 180 g/mol. The van der Waals surface area contributed by atoms with Crippen molar-refractivity contribution in [3.8, 4) is 0 Å². The van der Waals surface area contributed by atoms with Crippen LogP contribution in [0.3, 0.4) is 0 Å². The highest BCUT2D eigenvalue weighted by Crippen LogP contribution is 2.12. The maximum Gasteiger partial charge on any atom is 0.251 e. The van der Waals surface area contributed by atoms with Gasteiger partial charge in [0.1, 0.15) is 6.10 Å². The molecule has 0 aromatic rings. The molecule has 0 bridgehead atoms. The predicted octanol–water partition coefficient (Wildman–Crippen LogP) is 0.230. The maximum absolute atomic E-state index is 11.9. The molecule has 1 rings (SSSR count). The molecule has 0 aromatic carbocycles. The standard InChI is InChI=1S/C10H20N2O2/c1-7-5-11-6-8(2)12(7)10(13)9(3)14-4/h7-9,11H,5-6H2,1-4H3. The summed E-state index contributed by atoms with van der Waals surface area (Å²) in [5.41, 5.74) is 0. The summed E-state index contributed by atoms with van der Waals surface area (Å²) in [4.78, 5) is 13.8. The fraction of sp³-hybridized carbons (Fsp3) is 0.900. The number of carbonyl (C=O) groups is 1. The average molecular weight is 200 g/mol. The van der Waals surface area contributed by atoms with Crippen LogP contribution in [0.5, 0.6) is 0 Å². The molecule has 82 valence electrons. The Balaban J connectivity index is 2.67. The minimum atomic E-state index is -0.335. The van der Waals surface area contributed by atoms with Crippen LogP contribution in [0.15, 0.2) is 0 Å². The first-order valence-corrected chi connectivity index (χ1v) is 5.13. The van der Waals surface area contributed by atoms with Crippen LogP contribution >= 0.6 is 0 Å². The zero-order valence-electron chi connectivity index (χ0n) is 9.41. The van der Waals surface area contributed by atoms with Crippen LogP contribution < -0.4 is 5.32 Å². The lowest BCUT2D eigenvalue weighted by atomic mass is 10.1. The van der Waals surface area contributed by atoms with Crippen LogP contribution in [0.2, 0.25) is 0 Å². The van der Waals surface area contributed by atoms with Gasteiger partial charge in [0.15, 0.2) is 0 Å². The Kier molecular flexibility index (Phi) is 3.89. The van der Waals surface area contributed by atoms with E-state index in [1.807, 2.05) is 4.90 Å². The quantitative estimate of drug-likeness (QED) is 0.694. The number of ether oxygens (including phenoxy) is 1. The summed E-state index contributed by atoms with van der Waals surface area (Å²) >= 11 is 0. The number of nitrogens with zero attached hydrogens (tertiary/aromatic N) is 1. The van der Waals surface area contributed by atoms with Gasteiger partial charge in [-0.2, -0.15) is 0 Å². The third kappa shape index (κ3) is 2.25. The molecule has 3 atom stereocenters. The van der Waals surface area contributed by atoms with Gasteiger partial charge < -0.3 is 15.0 Å². The molecule has 1 saturated heterocycles. The zero-order chi connectivity index (χ0) is 10.7. The lowest BCUT2D eigenvalue weighted by Crippen LogP contribution is -2.59. The summed E-state index contributed by atoms with van der Waals surface area (Å²) in [6.07, 6.45) is -0.335. The molecule has 0 radical (unpaired) electrons. The van der Waals surface area contributed by atoms with E-state index >= 15 is 0 Å². The second-order valence-corrected chi connectivity index (χ2v) is 3.98. The molecule has 0 saturated carbocycles. The number of amides is 1. The van der Waals surface area contributed by atoms with Gasteiger partial charge in [-0.3, -0.25) is 4.79 Å². The van der Waals surface area contributed by atoms with Crippen molar-refractivity contribution < 1.29 is 9.53 Å². The molecule has 3 unspecified atom stereocenters. The third-order valence-corrected chi connectivity index (χ3v) is 2.79. The lowest BCUT2D eigenvalue weighted by molar-refractivity contribution is -0.146. The predicted molar refractivity (Wildman–Crippen MR) is 55.1 cm³/mol. The first-order valence-electron chi connectivity index (χ1n) is 5.13. The van der Waals surface area contributed by atoms with Crippen LogP contribution in [0.4, 0.5) is 0 Å². The summed E-state index contributed by atoms with van der Waals surface area (Å²) in [5.74, 6) is 0.0917. The Hall–Kier alpha value is -0.610. The molecule has 1 aliphatic rings. The average Bonchev–Trinajstić information content (AvgIpc) is 2.16. The van der Waals surface area contributed by atoms with Crippen LogP contribution in [0.25, 0.3) is 0 Å². The number of hydrogen-bond acceptors (Lipinski definition) is 3. The van der Waals surface area contributed by atoms with Crippen molar-refractivity contribution >= 4 is 5.91 Å². The molecule has 1 aliphatic heterocycles. The van der Waals surface area contributed by atoms with Gasteiger partial charge >= 0.3 is 0 Å². The molecule has 1 amide bonds. The van der Waals surface area contributed by atoms with Gasteiger partial charge in [0.25, 0.3) is 5.91 Å². The van der Waals surface area contributed by atoms with Crippen molar-refractivity contribution in [2.45, 2.75) is 39.0 Å². The van der Waals surface area contributed by atoms with Gasteiger partial charge in [0.05, 0.1) is 0 Å². The number of rotatable bonds is 2. The molecule has 4 heteroatoms. The van der Waals surface area contributed by atoms with E-state index in [-0.39, 0.29) is 24.1 Å². The second kappa shape index (κ2) is 4.75. The highest BCUT2D eigenvalue weighted by Gasteiger charge is 2.31. The van der Waals surface area contributed by atoms with Crippen LogP contribution in [0, 0.1) is 0 Å². The van der Waals surface area contributed by atoms with Crippen molar-refractivity contribution in [3.05, 3.63) is 0 Å². The highest BCUT2D eigenvalue weighted by atomic mass is 16.5. The second-order valence-electron chi connectivity index (χ2n) is 3.98. The first kappa shape index (κ1) is 11.5. The largest absolute Gasteiger partial charge is 0.372 e. The number of nitrogens with one attached hydrogen (secondary N) is 1. The Labute approximate surface area is 85.6 Å². The zero-order valence-corrected chi connectivity index (χ0v) is 9.41. The highest BCUT2D eigenvalue weighted by molar-refractivity contribution is 5.81. The first-order chi connectivity index (χ1) is 6.57. The normalized spacial score (nSPS) is 30.1. The Bertz CT molecular complexity index is 198. The Morgan fingerprint density at radius 3 is 2.36 bits per heavy atom. The van der Waals surface area contributed by atoms with E-state index in [0.29, 0.717) is 0 Å². The van der Waals surface area contributed by atoms with Crippen molar-refractivity contribution in [1.82, 2.24) is 10.2 Å². The van der Waals surface area contributed by atoms with Gasteiger partial charge in [-0.15, -0.1) is 0 Å². The summed E-state index contributed by atoms with van der Waals surface area (Å²) in [5, 5.41) is 3.29. The van der Waals surface area contributed by atoms with E-state index < -0.39 is 0 Å². The summed E-state index contributed by atoms with van der Waals surface area (Å²) < 4.78 is 5.05. The van der Waals surface area contributed by atoms with Crippen LogP contribution in [0.1, 0.15) is 20.8 Å². The van der Waals surface area contributed by atoms with Crippen molar-refractivity contribution in [1.29, 1.82) is 0 Å². The minimum Gasteiger partial charge on any atom is -0.372 e. The van der Waals surface area contributed by atoms with Gasteiger partial charge in [0, 0.05) is 32.3 Å².